The predicted octanol–water partition coefficient (Wildman–Crippen LogP) is 4.82. The first-order chi connectivity index (χ1) is 15.5. The van der Waals surface area contributed by atoms with Crippen LogP contribution in [0.25, 0.3) is 22.1 Å². The van der Waals surface area contributed by atoms with Crippen molar-refractivity contribution in [1.82, 2.24) is 0 Å². The van der Waals surface area contributed by atoms with E-state index in [1.807, 2.05) is 61.5 Å². The van der Waals surface area contributed by atoms with Gasteiger partial charge in [0.25, 0.3) is 0 Å². The number of fused-ring (bicyclic) bond motifs is 1. The minimum Gasteiger partial charge on any atom is -0.478 e. The third-order valence-corrected chi connectivity index (χ3v) is 5.09. The topological polar surface area (TPSA) is 86.0 Å². The zero-order valence-electron chi connectivity index (χ0n) is 17.5. The Hall–Kier alpha value is -3.90. The monoisotopic (exact) mass is 430 g/mol. The smallest absolute Gasteiger partial charge is 0.347 e. The van der Waals surface area contributed by atoms with Gasteiger partial charge in [-0.2, -0.15) is 0 Å². The largest absolute Gasteiger partial charge is 0.478 e. The third kappa shape index (κ3) is 4.87. The highest BCUT2D eigenvalue weighted by atomic mass is 16.6. The minimum absolute atomic E-state index is 0.130. The van der Waals surface area contributed by atoms with E-state index in [1.54, 1.807) is 12.1 Å². The standard InChI is InChI=1S/C26H22O6/c1-17-7-5-6-10-20(17)22-14-25(27)32-23-13-19(11-12-21(22)23)31-24(26(28)29)16-30-15-18-8-3-2-4-9-18/h2-14,24H,15-16H2,1H3,(H,28,29)/t24-/m0/s1. The molecule has 1 heterocycles. The zero-order chi connectivity index (χ0) is 22.5. The highest BCUT2D eigenvalue weighted by Crippen LogP contribution is 2.31. The van der Waals surface area contributed by atoms with Crippen LogP contribution in [-0.4, -0.2) is 23.8 Å². The molecule has 4 rings (SSSR count). The quantitative estimate of drug-likeness (QED) is 0.404. The molecule has 162 valence electrons. The number of aliphatic carboxylic acids is 1. The summed E-state index contributed by atoms with van der Waals surface area (Å²) in [5.41, 5.74) is 3.48. The highest BCUT2D eigenvalue weighted by molar-refractivity contribution is 5.94. The molecule has 0 saturated heterocycles. The van der Waals surface area contributed by atoms with Crippen LogP contribution in [0.1, 0.15) is 11.1 Å². The molecule has 0 aliphatic heterocycles. The normalized spacial score (nSPS) is 11.9. The molecule has 6 nitrogen and oxygen atoms in total. The van der Waals surface area contributed by atoms with Gasteiger partial charge in [-0.1, -0.05) is 54.6 Å². The molecule has 0 bridgehead atoms. The maximum Gasteiger partial charge on any atom is 0.347 e. The van der Waals surface area contributed by atoms with E-state index in [4.69, 9.17) is 13.9 Å². The van der Waals surface area contributed by atoms with Gasteiger partial charge in [0.2, 0.25) is 6.10 Å². The molecule has 6 heteroatoms. The lowest BCUT2D eigenvalue weighted by atomic mass is 9.98. The van der Waals surface area contributed by atoms with Crippen molar-refractivity contribution in [3.05, 3.63) is 100 Å². The predicted molar refractivity (Wildman–Crippen MR) is 121 cm³/mol. The number of carbonyl (C=O) groups is 1. The molecule has 0 aliphatic carbocycles. The van der Waals surface area contributed by atoms with Gasteiger partial charge in [-0.25, -0.2) is 9.59 Å². The van der Waals surface area contributed by atoms with Gasteiger partial charge in [0.15, 0.2) is 0 Å². The van der Waals surface area contributed by atoms with Gasteiger partial charge in [0.05, 0.1) is 13.2 Å². The first-order valence-corrected chi connectivity index (χ1v) is 10.2. The fourth-order valence-electron chi connectivity index (χ4n) is 3.49. The summed E-state index contributed by atoms with van der Waals surface area (Å²) in [6, 6.07) is 23.6. The summed E-state index contributed by atoms with van der Waals surface area (Å²) in [5, 5.41) is 10.3. The van der Waals surface area contributed by atoms with Gasteiger partial charge in [-0.3, -0.25) is 0 Å². The number of carboxylic acids is 1. The zero-order valence-corrected chi connectivity index (χ0v) is 17.5. The number of ether oxygens (including phenoxy) is 2. The Bertz CT molecular complexity index is 1290. The number of benzene rings is 3. The fourth-order valence-corrected chi connectivity index (χ4v) is 3.49. The van der Waals surface area contributed by atoms with Crippen LogP contribution in [0.4, 0.5) is 0 Å². The van der Waals surface area contributed by atoms with Crippen LogP contribution < -0.4 is 10.4 Å². The number of hydrogen-bond acceptors (Lipinski definition) is 5. The molecule has 1 atom stereocenters. The number of hydrogen-bond donors (Lipinski definition) is 1. The fraction of sp³-hybridized carbons (Fsp3) is 0.154. The van der Waals surface area contributed by atoms with Crippen LogP contribution in [0.3, 0.4) is 0 Å². The summed E-state index contributed by atoms with van der Waals surface area (Å²) in [7, 11) is 0. The van der Waals surface area contributed by atoms with Gasteiger partial charge >= 0.3 is 11.6 Å². The number of rotatable bonds is 8. The molecular weight excluding hydrogens is 408 g/mol. The van der Waals surface area contributed by atoms with E-state index < -0.39 is 17.7 Å². The SMILES string of the molecule is Cc1ccccc1-c1cc(=O)oc2cc(O[C@@H](COCc3ccccc3)C(=O)O)ccc12. The van der Waals surface area contributed by atoms with E-state index >= 15 is 0 Å². The van der Waals surface area contributed by atoms with Crippen LogP contribution in [0.2, 0.25) is 0 Å². The summed E-state index contributed by atoms with van der Waals surface area (Å²) in [6.45, 7) is 2.12. The maximum absolute atomic E-state index is 12.2. The second-order valence-corrected chi connectivity index (χ2v) is 7.40. The van der Waals surface area contributed by atoms with Gasteiger partial charge in [0, 0.05) is 23.1 Å². The second kappa shape index (κ2) is 9.49. The van der Waals surface area contributed by atoms with Crippen molar-refractivity contribution in [1.29, 1.82) is 0 Å². The van der Waals surface area contributed by atoms with E-state index in [0.29, 0.717) is 5.58 Å². The molecule has 1 N–H and O–H groups in total. The third-order valence-electron chi connectivity index (χ3n) is 5.09. The Kier molecular flexibility index (Phi) is 6.33. The van der Waals surface area contributed by atoms with Crippen molar-refractivity contribution in [2.75, 3.05) is 6.61 Å². The van der Waals surface area contributed by atoms with Gasteiger partial charge in [0.1, 0.15) is 11.3 Å². The van der Waals surface area contributed by atoms with Crippen molar-refractivity contribution in [3.8, 4) is 16.9 Å². The molecule has 1 aromatic heterocycles. The molecule has 0 fully saturated rings. The molecule has 0 aliphatic rings. The lowest BCUT2D eigenvalue weighted by molar-refractivity contribution is -0.148. The van der Waals surface area contributed by atoms with Gasteiger partial charge < -0.3 is 19.0 Å². The average molecular weight is 430 g/mol. The van der Waals surface area contributed by atoms with E-state index in [0.717, 1.165) is 27.6 Å². The minimum atomic E-state index is -1.21. The molecule has 3 aromatic carbocycles. The molecular formula is C26H22O6. The van der Waals surface area contributed by atoms with E-state index in [-0.39, 0.29) is 19.0 Å². The summed E-state index contributed by atoms with van der Waals surface area (Å²) >= 11 is 0. The molecule has 0 radical (unpaired) electrons. The number of carboxylic acid groups (broad SMARTS) is 1. The average Bonchev–Trinajstić information content (AvgIpc) is 2.78. The Morgan fingerprint density at radius 2 is 1.72 bits per heavy atom. The number of aryl methyl sites for hydroxylation is 1. The highest BCUT2D eigenvalue weighted by Gasteiger charge is 2.21. The van der Waals surface area contributed by atoms with Crippen molar-refractivity contribution < 1.29 is 23.8 Å². The lowest BCUT2D eigenvalue weighted by Gasteiger charge is -2.16. The van der Waals surface area contributed by atoms with Crippen LogP contribution in [0.15, 0.2) is 88.1 Å². The van der Waals surface area contributed by atoms with Gasteiger partial charge in [-0.15, -0.1) is 0 Å². The molecule has 4 aromatic rings. The van der Waals surface area contributed by atoms with Crippen LogP contribution >= 0.6 is 0 Å². The summed E-state index contributed by atoms with van der Waals surface area (Å²) in [6.07, 6.45) is -1.21. The van der Waals surface area contributed by atoms with Gasteiger partial charge in [-0.05, 0) is 35.7 Å². The van der Waals surface area contributed by atoms with Crippen LogP contribution in [0, 0.1) is 6.92 Å². The molecule has 0 amide bonds. The summed E-state index contributed by atoms with van der Waals surface area (Å²) < 4.78 is 16.5. The summed E-state index contributed by atoms with van der Waals surface area (Å²) in [5.74, 6) is -0.869. The maximum atomic E-state index is 12.2. The Labute approximate surface area is 184 Å². The first-order valence-electron chi connectivity index (χ1n) is 10.2. The Morgan fingerprint density at radius 1 is 0.969 bits per heavy atom. The van der Waals surface area contributed by atoms with Crippen LogP contribution in [-0.2, 0) is 16.1 Å². The Morgan fingerprint density at radius 3 is 2.47 bits per heavy atom. The van der Waals surface area contributed by atoms with E-state index in [9.17, 15) is 14.7 Å². The van der Waals surface area contributed by atoms with E-state index in [1.165, 1.54) is 12.1 Å². The molecule has 0 saturated carbocycles. The van der Waals surface area contributed by atoms with Crippen LogP contribution in [0.5, 0.6) is 5.75 Å². The molecule has 0 spiro atoms. The molecule has 32 heavy (non-hydrogen) atoms. The van der Waals surface area contributed by atoms with Crippen molar-refractivity contribution in [3.63, 3.8) is 0 Å². The van der Waals surface area contributed by atoms with E-state index in [2.05, 4.69) is 0 Å². The second-order valence-electron chi connectivity index (χ2n) is 7.40. The van der Waals surface area contributed by atoms with Crippen molar-refractivity contribution in [2.45, 2.75) is 19.6 Å². The Balaban J connectivity index is 1.57. The first kappa shape index (κ1) is 21.3. The van der Waals surface area contributed by atoms with Crippen molar-refractivity contribution >= 4 is 16.9 Å². The van der Waals surface area contributed by atoms with Crippen molar-refractivity contribution in [2.24, 2.45) is 0 Å². The molecule has 0 unspecified atom stereocenters. The summed E-state index contributed by atoms with van der Waals surface area (Å²) in [4.78, 5) is 23.8. The lowest BCUT2D eigenvalue weighted by Crippen LogP contribution is -2.32.